The largest absolute Gasteiger partial charge is 0.490 e. The molecule has 0 radical (unpaired) electrons. The zero-order chi connectivity index (χ0) is 15.8. The van der Waals surface area contributed by atoms with Gasteiger partial charge in [-0.3, -0.25) is 15.0 Å². The van der Waals surface area contributed by atoms with Gasteiger partial charge < -0.3 is 15.0 Å². The Morgan fingerprint density at radius 1 is 1.30 bits per heavy atom. The van der Waals surface area contributed by atoms with Gasteiger partial charge in [0.1, 0.15) is 0 Å². The predicted octanol–water partition coefficient (Wildman–Crippen LogP) is 0.0886. The first-order valence-corrected chi connectivity index (χ1v) is 7.94. The maximum absolute atomic E-state index is 12.0. The van der Waals surface area contributed by atoms with Crippen LogP contribution in [0.5, 0.6) is 5.75 Å². The minimum absolute atomic E-state index is 0.242. The normalized spacial score (nSPS) is 24.3. The van der Waals surface area contributed by atoms with E-state index in [1.807, 2.05) is 6.07 Å². The second-order valence-electron chi connectivity index (χ2n) is 5.96. The van der Waals surface area contributed by atoms with Crippen molar-refractivity contribution in [2.75, 3.05) is 42.6 Å². The smallest absolute Gasteiger partial charge is 0.328 e. The predicted molar refractivity (Wildman–Crippen MR) is 83.9 cm³/mol. The molecule has 4 heterocycles. The van der Waals surface area contributed by atoms with Gasteiger partial charge in [0, 0.05) is 51.1 Å². The Labute approximate surface area is 133 Å². The van der Waals surface area contributed by atoms with E-state index in [9.17, 15) is 9.59 Å². The molecule has 0 unspecified atom stereocenters. The lowest BCUT2D eigenvalue weighted by Crippen LogP contribution is -2.51. The molecule has 8 nitrogen and oxygen atoms in total. The van der Waals surface area contributed by atoms with E-state index in [1.165, 1.54) is 4.90 Å². The molecule has 122 valence electrons. The number of aromatic nitrogens is 1. The molecule has 0 aliphatic carbocycles. The molecule has 23 heavy (non-hydrogen) atoms. The fourth-order valence-corrected chi connectivity index (χ4v) is 3.31. The highest BCUT2D eigenvalue weighted by atomic mass is 16.5. The van der Waals surface area contributed by atoms with Crippen LogP contribution in [-0.4, -0.2) is 55.8 Å². The molecule has 3 aliphatic rings. The van der Waals surface area contributed by atoms with E-state index >= 15 is 0 Å². The number of urea groups is 1. The molecule has 1 aromatic rings. The molecule has 1 aromatic heterocycles. The van der Waals surface area contributed by atoms with Gasteiger partial charge in [-0.15, -0.1) is 0 Å². The van der Waals surface area contributed by atoms with Crippen LogP contribution in [0, 0.1) is 0 Å². The molecular weight excluding hydrogens is 298 g/mol. The molecule has 0 bridgehead atoms. The van der Waals surface area contributed by atoms with Crippen LogP contribution in [0.3, 0.4) is 0 Å². The first-order chi connectivity index (χ1) is 11.2. The van der Waals surface area contributed by atoms with Crippen LogP contribution >= 0.6 is 0 Å². The zero-order valence-corrected chi connectivity index (χ0v) is 12.7. The number of piperazine rings is 1. The summed E-state index contributed by atoms with van der Waals surface area (Å²) in [6, 6.07) is 1.83. The van der Waals surface area contributed by atoms with E-state index < -0.39 is 6.03 Å². The molecule has 3 amide bonds. The van der Waals surface area contributed by atoms with E-state index in [-0.39, 0.29) is 5.91 Å². The lowest BCUT2D eigenvalue weighted by Gasteiger charge is -2.35. The number of pyridine rings is 1. The summed E-state index contributed by atoms with van der Waals surface area (Å²) in [4.78, 5) is 31.6. The quantitative estimate of drug-likeness (QED) is 0.763. The van der Waals surface area contributed by atoms with Crippen molar-refractivity contribution in [2.24, 2.45) is 0 Å². The molecule has 2 saturated heterocycles. The van der Waals surface area contributed by atoms with Crippen LogP contribution in [0.1, 0.15) is 12.8 Å². The third kappa shape index (κ3) is 2.59. The van der Waals surface area contributed by atoms with Gasteiger partial charge in [0.05, 0.1) is 18.5 Å². The number of hydrogen-bond donors (Lipinski definition) is 2. The fraction of sp³-hybridized carbons (Fsp3) is 0.533. The molecule has 0 spiro atoms. The Morgan fingerprint density at radius 3 is 3.09 bits per heavy atom. The molecule has 2 fully saturated rings. The first kappa shape index (κ1) is 14.3. The van der Waals surface area contributed by atoms with Crippen molar-refractivity contribution in [2.45, 2.75) is 18.9 Å². The summed E-state index contributed by atoms with van der Waals surface area (Å²) in [5, 5.41) is 5.72. The molecule has 0 aromatic carbocycles. The number of carbonyl (C=O) groups excluding carboxylic acids is 2. The van der Waals surface area contributed by atoms with Gasteiger partial charge in [-0.2, -0.15) is 0 Å². The average Bonchev–Trinajstić information content (AvgIpc) is 2.73. The van der Waals surface area contributed by atoms with E-state index in [0.717, 1.165) is 31.9 Å². The van der Waals surface area contributed by atoms with Crippen molar-refractivity contribution in [1.29, 1.82) is 0 Å². The van der Waals surface area contributed by atoms with Crippen molar-refractivity contribution in [3.63, 3.8) is 0 Å². The topological polar surface area (TPSA) is 86.8 Å². The summed E-state index contributed by atoms with van der Waals surface area (Å²) in [6.07, 6.45) is 2.92. The second-order valence-corrected chi connectivity index (χ2v) is 5.96. The van der Waals surface area contributed by atoms with Gasteiger partial charge in [-0.05, 0) is 0 Å². The van der Waals surface area contributed by atoms with Crippen LogP contribution in [0.25, 0.3) is 0 Å². The summed E-state index contributed by atoms with van der Waals surface area (Å²) >= 11 is 0. The Hall–Kier alpha value is -2.35. The lowest BCUT2D eigenvalue weighted by atomic mass is 10.1. The van der Waals surface area contributed by atoms with Crippen molar-refractivity contribution in [3.8, 4) is 5.75 Å². The summed E-state index contributed by atoms with van der Waals surface area (Å²) in [6.45, 7) is 3.75. The summed E-state index contributed by atoms with van der Waals surface area (Å²) in [5.74, 6) is 1.30. The highest BCUT2D eigenvalue weighted by molar-refractivity contribution is 6.05. The first-order valence-electron chi connectivity index (χ1n) is 7.94. The van der Waals surface area contributed by atoms with Gasteiger partial charge in [0.15, 0.2) is 11.6 Å². The van der Waals surface area contributed by atoms with Gasteiger partial charge in [-0.1, -0.05) is 0 Å². The molecule has 1 atom stereocenters. The molecule has 4 rings (SSSR count). The molecular formula is C15H19N5O3. The minimum Gasteiger partial charge on any atom is -0.490 e. The highest BCUT2D eigenvalue weighted by Crippen LogP contribution is 2.35. The maximum Gasteiger partial charge on any atom is 0.328 e. The van der Waals surface area contributed by atoms with Gasteiger partial charge >= 0.3 is 6.03 Å². The average molecular weight is 317 g/mol. The number of carbonyl (C=O) groups is 2. The highest BCUT2D eigenvalue weighted by Gasteiger charge is 2.30. The van der Waals surface area contributed by atoms with Gasteiger partial charge in [-0.25, -0.2) is 9.78 Å². The van der Waals surface area contributed by atoms with Crippen LogP contribution in [-0.2, 0) is 4.79 Å². The Balaban J connectivity index is 1.64. The monoisotopic (exact) mass is 317 g/mol. The van der Waals surface area contributed by atoms with Crippen molar-refractivity contribution in [3.05, 3.63) is 12.3 Å². The number of anilines is 2. The standard InChI is InChI=1S/C15H19N5O3/c21-13-1-4-20(15(22)18-13)11-7-12-14(17-9-11)19-5-3-16-8-10(19)2-6-23-12/h7,9-10,16H,1-6,8H2,(H,18,21,22)/t10-/m1/s1. The summed E-state index contributed by atoms with van der Waals surface area (Å²) in [7, 11) is 0. The van der Waals surface area contributed by atoms with Crippen molar-refractivity contribution >= 4 is 23.4 Å². The zero-order valence-electron chi connectivity index (χ0n) is 12.7. The number of ether oxygens (including phenoxy) is 1. The molecule has 8 heteroatoms. The Bertz CT molecular complexity index is 650. The van der Waals surface area contributed by atoms with E-state index in [0.29, 0.717) is 37.1 Å². The van der Waals surface area contributed by atoms with Gasteiger partial charge in [0.2, 0.25) is 5.91 Å². The Morgan fingerprint density at radius 2 is 2.22 bits per heavy atom. The van der Waals surface area contributed by atoms with E-state index in [2.05, 4.69) is 20.5 Å². The fourth-order valence-electron chi connectivity index (χ4n) is 3.31. The maximum atomic E-state index is 12.0. The summed E-state index contributed by atoms with van der Waals surface area (Å²) in [5.41, 5.74) is 0.655. The number of rotatable bonds is 1. The number of nitrogens with one attached hydrogen (secondary N) is 2. The van der Waals surface area contributed by atoms with Gasteiger partial charge in [0.25, 0.3) is 0 Å². The van der Waals surface area contributed by atoms with E-state index in [4.69, 9.17) is 4.74 Å². The Kier molecular flexibility index (Phi) is 3.53. The second kappa shape index (κ2) is 5.69. The van der Waals surface area contributed by atoms with Crippen LogP contribution in [0.4, 0.5) is 16.3 Å². The van der Waals surface area contributed by atoms with Crippen LogP contribution in [0.2, 0.25) is 0 Å². The number of hydrogen-bond acceptors (Lipinski definition) is 6. The number of imide groups is 1. The molecule has 2 N–H and O–H groups in total. The third-order valence-corrected chi connectivity index (χ3v) is 4.52. The molecule has 3 aliphatic heterocycles. The SMILES string of the molecule is O=C1CCN(c2cnc3c(c2)OCC[C@@H]2CNCCN32)C(=O)N1. The van der Waals surface area contributed by atoms with E-state index in [1.54, 1.807) is 6.20 Å². The third-order valence-electron chi connectivity index (χ3n) is 4.52. The number of nitrogens with zero attached hydrogens (tertiary/aromatic N) is 3. The van der Waals surface area contributed by atoms with Crippen LogP contribution in [0.15, 0.2) is 12.3 Å². The minimum atomic E-state index is -0.406. The van der Waals surface area contributed by atoms with Crippen LogP contribution < -0.4 is 25.2 Å². The lowest BCUT2D eigenvalue weighted by molar-refractivity contribution is -0.120. The van der Waals surface area contributed by atoms with Crippen molar-refractivity contribution in [1.82, 2.24) is 15.6 Å². The number of fused-ring (bicyclic) bond motifs is 3. The summed E-state index contributed by atoms with van der Waals surface area (Å²) < 4.78 is 5.87. The number of amides is 3. The molecule has 0 saturated carbocycles. The van der Waals surface area contributed by atoms with Crippen molar-refractivity contribution < 1.29 is 14.3 Å².